The average Bonchev–Trinajstić information content (AvgIpc) is 2.86. The van der Waals surface area contributed by atoms with Crippen LogP contribution in [0, 0.1) is 12.3 Å². The second-order valence-electron chi connectivity index (χ2n) is 5.86. The van der Waals surface area contributed by atoms with Crippen molar-refractivity contribution >= 4 is 24.0 Å². The molecule has 7 nitrogen and oxygen atoms in total. The minimum atomic E-state index is -1.15. The number of ether oxygens (including phenoxy) is 1. The summed E-state index contributed by atoms with van der Waals surface area (Å²) in [5, 5.41) is 0. The van der Waals surface area contributed by atoms with Crippen LogP contribution in [-0.4, -0.2) is 41.6 Å². The van der Waals surface area contributed by atoms with Crippen molar-refractivity contribution in [2.24, 2.45) is 5.73 Å². The lowest BCUT2D eigenvalue weighted by molar-refractivity contribution is -0.122. The fourth-order valence-electron chi connectivity index (χ4n) is 2.76. The van der Waals surface area contributed by atoms with Crippen LogP contribution in [0.25, 0.3) is 0 Å². The first-order chi connectivity index (χ1) is 12.5. The molecule has 1 aromatic rings. The molecule has 1 heterocycles. The van der Waals surface area contributed by atoms with Crippen molar-refractivity contribution in [3.05, 3.63) is 29.3 Å². The first-order valence-corrected chi connectivity index (χ1v) is 8.32. The molecule has 0 saturated carbocycles. The van der Waals surface area contributed by atoms with Crippen molar-refractivity contribution in [1.82, 2.24) is 4.90 Å². The molecule has 3 amide bonds. The Bertz CT molecular complexity index is 766. The number of imide groups is 1. The van der Waals surface area contributed by atoms with Gasteiger partial charge in [-0.1, -0.05) is 0 Å². The molecular weight excluding hydrogens is 336 g/mol. The van der Waals surface area contributed by atoms with Gasteiger partial charge in [-0.05, 0) is 37.5 Å². The Hall–Kier alpha value is -3.14. The number of hydrogen-bond donors (Lipinski definition) is 1. The van der Waals surface area contributed by atoms with Crippen LogP contribution in [0.4, 0.5) is 0 Å². The van der Waals surface area contributed by atoms with E-state index in [1.54, 1.807) is 6.07 Å². The zero-order chi connectivity index (χ0) is 19.1. The van der Waals surface area contributed by atoms with Crippen LogP contribution in [-0.2, 0) is 9.59 Å². The maximum absolute atomic E-state index is 12.6. The molecule has 7 heteroatoms. The van der Waals surface area contributed by atoms with Gasteiger partial charge in [0, 0.05) is 12.8 Å². The number of carbonyl (C=O) groups is 4. The molecule has 0 fully saturated rings. The maximum Gasteiger partial charge on any atom is 0.262 e. The summed E-state index contributed by atoms with van der Waals surface area (Å²) in [6.45, 7) is 0.440. The molecule has 0 aliphatic carbocycles. The summed E-state index contributed by atoms with van der Waals surface area (Å²) in [6.07, 6.45) is 8.10. The first kappa shape index (κ1) is 19.2. The summed E-state index contributed by atoms with van der Waals surface area (Å²) in [5.74, 6) is 0.964. The van der Waals surface area contributed by atoms with Gasteiger partial charge >= 0.3 is 0 Å². The number of amides is 3. The number of nitrogens with two attached hydrogens (primary N) is 1. The standard InChI is InChI=1S/C19H20N2O5/c1-2-3-4-5-11-26-13-8-9-14-15(12-13)19(25)21(18(14)24)16(17(20)23)7-6-10-22/h1,8-10,12,16H,3-7,11H2,(H2,20,23). The Morgan fingerprint density at radius 2 is 2.00 bits per heavy atom. The average molecular weight is 356 g/mol. The predicted molar refractivity (Wildman–Crippen MR) is 93.4 cm³/mol. The number of primary amides is 1. The van der Waals surface area contributed by atoms with Gasteiger partial charge in [-0.2, -0.15) is 0 Å². The minimum Gasteiger partial charge on any atom is -0.494 e. The highest BCUT2D eigenvalue weighted by atomic mass is 16.5. The van der Waals surface area contributed by atoms with E-state index in [4.69, 9.17) is 16.9 Å². The summed E-state index contributed by atoms with van der Waals surface area (Å²) in [5.41, 5.74) is 5.66. The molecule has 0 spiro atoms. The van der Waals surface area contributed by atoms with Gasteiger partial charge in [-0.15, -0.1) is 12.3 Å². The number of nitrogens with zero attached hydrogens (tertiary/aromatic N) is 1. The lowest BCUT2D eigenvalue weighted by atomic mass is 10.1. The van der Waals surface area contributed by atoms with E-state index in [1.165, 1.54) is 12.1 Å². The minimum absolute atomic E-state index is 0.00281. The summed E-state index contributed by atoms with van der Waals surface area (Å²) in [4.78, 5) is 48.2. The van der Waals surface area contributed by atoms with Crippen molar-refractivity contribution in [2.75, 3.05) is 6.61 Å². The predicted octanol–water partition coefficient (Wildman–Crippen LogP) is 1.30. The molecule has 1 atom stereocenters. The van der Waals surface area contributed by atoms with Crippen molar-refractivity contribution in [1.29, 1.82) is 0 Å². The lowest BCUT2D eigenvalue weighted by Gasteiger charge is -2.22. The van der Waals surface area contributed by atoms with E-state index in [-0.39, 0.29) is 24.0 Å². The Morgan fingerprint density at radius 1 is 1.27 bits per heavy atom. The fraction of sp³-hybridized carbons (Fsp3) is 0.368. The van der Waals surface area contributed by atoms with Gasteiger partial charge in [0.15, 0.2) is 0 Å². The van der Waals surface area contributed by atoms with E-state index >= 15 is 0 Å². The van der Waals surface area contributed by atoms with Gasteiger partial charge < -0.3 is 15.3 Å². The van der Waals surface area contributed by atoms with Gasteiger partial charge in [0.05, 0.1) is 17.7 Å². The zero-order valence-electron chi connectivity index (χ0n) is 14.3. The zero-order valence-corrected chi connectivity index (χ0v) is 14.3. The van der Waals surface area contributed by atoms with Crippen molar-refractivity contribution < 1.29 is 23.9 Å². The monoisotopic (exact) mass is 356 g/mol. The van der Waals surface area contributed by atoms with Crippen molar-refractivity contribution in [2.45, 2.75) is 38.1 Å². The smallest absolute Gasteiger partial charge is 0.262 e. The molecule has 136 valence electrons. The molecule has 1 aromatic carbocycles. The van der Waals surface area contributed by atoms with E-state index in [0.717, 1.165) is 17.7 Å². The fourth-order valence-corrected chi connectivity index (χ4v) is 2.76. The molecule has 0 saturated heterocycles. The van der Waals surface area contributed by atoms with E-state index in [1.807, 2.05) is 0 Å². The topological polar surface area (TPSA) is 107 Å². The van der Waals surface area contributed by atoms with Gasteiger partial charge in [0.2, 0.25) is 5.91 Å². The number of unbranched alkanes of at least 4 members (excludes halogenated alkanes) is 2. The Labute approximate surface area is 151 Å². The van der Waals surface area contributed by atoms with Gasteiger partial charge in [-0.25, -0.2) is 0 Å². The van der Waals surface area contributed by atoms with Crippen molar-refractivity contribution in [3.8, 4) is 18.1 Å². The Kier molecular flexibility index (Phi) is 6.50. The molecule has 2 N–H and O–H groups in total. The van der Waals surface area contributed by atoms with Crippen LogP contribution in [0.5, 0.6) is 5.75 Å². The summed E-state index contributed by atoms with van der Waals surface area (Å²) < 4.78 is 5.58. The van der Waals surface area contributed by atoms with Crippen LogP contribution < -0.4 is 10.5 Å². The summed E-state index contributed by atoms with van der Waals surface area (Å²) in [7, 11) is 0. The summed E-state index contributed by atoms with van der Waals surface area (Å²) in [6, 6.07) is 3.42. The van der Waals surface area contributed by atoms with E-state index in [0.29, 0.717) is 25.1 Å². The normalized spacial score (nSPS) is 13.9. The van der Waals surface area contributed by atoms with Crippen LogP contribution in [0.3, 0.4) is 0 Å². The second-order valence-corrected chi connectivity index (χ2v) is 5.86. The molecule has 0 bridgehead atoms. The van der Waals surface area contributed by atoms with E-state index in [9.17, 15) is 19.2 Å². The SMILES string of the molecule is C#CCCCCOc1ccc2c(c1)C(=O)N(C(CCC=O)C(N)=O)C2=O. The number of aldehydes is 1. The highest BCUT2D eigenvalue weighted by Crippen LogP contribution is 2.29. The molecule has 0 radical (unpaired) electrons. The third-order valence-corrected chi connectivity index (χ3v) is 4.07. The quantitative estimate of drug-likeness (QED) is 0.294. The van der Waals surface area contributed by atoms with Crippen LogP contribution >= 0.6 is 0 Å². The van der Waals surface area contributed by atoms with Crippen LogP contribution in [0.15, 0.2) is 18.2 Å². The van der Waals surface area contributed by atoms with Gasteiger partial charge in [-0.3, -0.25) is 19.3 Å². The molecule has 1 aliphatic rings. The van der Waals surface area contributed by atoms with Gasteiger partial charge in [0.25, 0.3) is 11.8 Å². The second kappa shape index (κ2) is 8.81. The third kappa shape index (κ3) is 4.09. The van der Waals surface area contributed by atoms with E-state index in [2.05, 4.69) is 5.92 Å². The molecule has 0 aromatic heterocycles. The molecule has 26 heavy (non-hydrogen) atoms. The number of carbonyl (C=O) groups excluding carboxylic acids is 4. The number of fused-ring (bicyclic) bond motifs is 1. The van der Waals surface area contributed by atoms with Gasteiger partial charge in [0.1, 0.15) is 18.1 Å². The largest absolute Gasteiger partial charge is 0.494 e. The first-order valence-electron chi connectivity index (χ1n) is 8.32. The van der Waals surface area contributed by atoms with Crippen LogP contribution in [0.2, 0.25) is 0 Å². The lowest BCUT2D eigenvalue weighted by Crippen LogP contribution is -2.47. The number of benzene rings is 1. The summed E-state index contributed by atoms with van der Waals surface area (Å²) >= 11 is 0. The number of terminal acetylenes is 1. The number of hydrogen-bond acceptors (Lipinski definition) is 5. The maximum atomic E-state index is 12.6. The Balaban J connectivity index is 2.14. The highest BCUT2D eigenvalue weighted by Gasteiger charge is 2.42. The van der Waals surface area contributed by atoms with Crippen LogP contribution in [0.1, 0.15) is 52.8 Å². The number of rotatable bonds is 10. The molecular formula is C19H20N2O5. The molecule has 1 unspecified atom stereocenters. The Morgan fingerprint density at radius 3 is 2.65 bits per heavy atom. The molecule has 2 rings (SSSR count). The highest BCUT2D eigenvalue weighted by molar-refractivity contribution is 6.23. The third-order valence-electron chi connectivity index (χ3n) is 4.07. The van der Waals surface area contributed by atoms with Crippen molar-refractivity contribution in [3.63, 3.8) is 0 Å². The molecule has 1 aliphatic heterocycles. The van der Waals surface area contributed by atoms with E-state index < -0.39 is 23.8 Å².